The zero-order valence-electron chi connectivity index (χ0n) is 16.4. The van der Waals surface area contributed by atoms with Gasteiger partial charge in [0.05, 0.1) is 17.7 Å². The van der Waals surface area contributed by atoms with Crippen molar-refractivity contribution in [2.75, 3.05) is 11.9 Å². The highest BCUT2D eigenvalue weighted by Gasteiger charge is 2.26. The van der Waals surface area contributed by atoms with Crippen molar-refractivity contribution in [2.45, 2.75) is 27.7 Å². The van der Waals surface area contributed by atoms with Gasteiger partial charge in [0.2, 0.25) is 5.91 Å². The van der Waals surface area contributed by atoms with Crippen molar-refractivity contribution in [1.82, 2.24) is 9.78 Å². The number of hydrogen-bond donors (Lipinski definition) is 1. The molecule has 0 saturated carbocycles. The van der Waals surface area contributed by atoms with E-state index in [-0.39, 0.29) is 23.6 Å². The summed E-state index contributed by atoms with van der Waals surface area (Å²) in [5, 5.41) is 10.1. The number of aromatic nitrogens is 2. The molecular formula is C20H20ClN3O4S. The molecular weight excluding hydrogens is 414 g/mol. The normalized spacial score (nSPS) is 11.5. The number of hydrogen-bond acceptors (Lipinski definition) is 6. The maximum atomic E-state index is 13.2. The Morgan fingerprint density at radius 2 is 1.90 bits per heavy atom. The predicted molar refractivity (Wildman–Crippen MR) is 114 cm³/mol. The molecule has 29 heavy (non-hydrogen) atoms. The van der Waals surface area contributed by atoms with Gasteiger partial charge < -0.3 is 10.1 Å². The maximum absolute atomic E-state index is 13.2. The molecule has 1 amide bonds. The van der Waals surface area contributed by atoms with Crippen molar-refractivity contribution in [3.8, 4) is 5.69 Å². The van der Waals surface area contributed by atoms with Crippen LogP contribution < -0.4 is 10.9 Å². The number of ether oxygens (including phenoxy) is 1. The van der Waals surface area contributed by atoms with Crippen LogP contribution in [0, 0.1) is 5.41 Å². The molecule has 1 aromatic carbocycles. The Kier molecular flexibility index (Phi) is 5.77. The Balaban J connectivity index is 2.26. The van der Waals surface area contributed by atoms with Gasteiger partial charge >= 0.3 is 5.97 Å². The van der Waals surface area contributed by atoms with E-state index in [0.717, 1.165) is 16.0 Å². The Morgan fingerprint density at radius 1 is 1.24 bits per heavy atom. The third-order valence-electron chi connectivity index (χ3n) is 4.10. The SMILES string of the molecule is CCOC(=O)c1nn(-c2ccc(Cl)cc2)c(=O)c2c(NC(=O)C(C)(C)C)scc12. The van der Waals surface area contributed by atoms with Crippen molar-refractivity contribution in [1.29, 1.82) is 0 Å². The summed E-state index contributed by atoms with van der Waals surface area (Å²) in [6, 6.07) is 6.48. The fourth-order valence-electron chi connectivity index (χ4n) is 2.54. The highest BCUT2D eigenvalue weighted by molar-refractivity contribution is 7.16. The molecule has 0 radical (unpaired) electrons. The van der Waals surface area contributed by atoms with Gasteiger partial charge in [-0.1, -0.05) is 32.4 Å². The van der Waals surface area contributed by atoms with Gasteiger partial charge in [0, 0.05) is 21.2 Å². The van der Waals surface area contributed by atoms with Crippen LogP contribution >= 0.6 is 22.9 Å². The minimum absolute atomic E-state index is 0.00362. The van der Waals surface area contributed by atoms with Crippen LogP contribution in [0.15, 0.2) is 34.4 Å². The molecule has 0 aliphatic rings. The fourth-order valence-corrected chi connectivity index (χ4v) is 3.60. The Bertz CT molecular complexity index is 1140. The Labute approximate surface area is 176 Å². The van der Waals surface area contributed by atoms with Gasteiger partial charge in [0.15, 0.2) is 5.69 Å². The number of halogens is 1. The monoisotopic (exact) mass is 433 g/mol. The first kappa shape index (κ1) is 21.0. The molecule has 0 unspecified atom stereocenters. The Morgan fingerprint density at radius 3 is 2.48 bits per heavy atom. The molecule has 0 saturated heterocycles. The number of amides is 1. The van der Waals surface area contributed by atoms with Crippen LogP contribution in [0.2, 0.25) is 5.02 Å². The minimum Gasteiger partial charge on any atom is -0.461 e. The number of anilines is 1. The van der Waals surface area contributed by atoms with Crippen molar-refractivity contribution in [2.24, 2.45) is 5.41 Å². The summed E-state index contributed by atoms with van der Waals surface area (Å²) in [5.74, 6) is -0.889. The molecule has 0 aliphatic heterocycles. The van der Waals surface area contributed by atoms with Gasteiger partial charge in [-0.15, -0.1) is 11.3 Å². The molecule has 3 rings (SSSR count). The van der Waals surface area contributed by atoms with E-state index in [1.165, 1.54) is 0 Å². The van der Waals surface area contributed by atoms with Crippen LogP contribution in [-0.4, -0.2) is 28.3 Å². The number of carbonyl (C=O) groups is 2. The summed E-state index contributed by atoms with van der Waals surface area (Å²) in [7, 11) is 0. The highest BCUT2D eigenvalue weighted by Crippen LogP contribution is 2.32. The lowest BCUT2D eigenvalue weighted by molar-refractivity contribution is -0.123. The number of carbonyl (C=O) groups excluding carboxylic acids is 2. The van der Waals surface area contributed by atoms with E-state index in [4.69, 9.17) is 16.3 Å². The number of benzene rings is 1. The number of rotatable bonds is 4. The molecule has 0 bridgehead atoms. The molecule has 0 aliphatic carbocycles. The van der Waals surface area contributed by atoms with Crippen molar-refractivity contribution in [3.05, 3.63) is 50.7 Å². The summed E-state index contributed by atoms with van der Waals surface area (Å²) in [6.45, 7) is 7.17. The van der Waals surface area contributed by atoms with E-state index in [9.17, 15) is 14.4 Å². The molecule has 7 nitrogen and oxygen atoms in total. The van der Waals surface area contributed by atoms with Gasteiger partial charge in [-0.25, -0.2) is 4.79 Å². The molecule has 9 heteroatoms. The smallest absolute Gasteiger partial charge is 0.359 e. The average molecular weight is 434 g/mol. The number of fused-ring (bicyclic) bond motifs is 1. The average Bonchev–Trinajstić information content (AvgIpc) is 3.06. The first-order valence-corrected chi connectivity index (χ1v) is 10.2. The number of nitrogens with one attached hydrogen (secondary N) is 1. The van der Waals surface area contributed by atoms with E-state index in [1.54, 1.807) is 57.3 Å². The lowest BCUT2D eigenvalue weighted by Gasteiger charge is -2.17. The fraction of sp³-hybridized carbons (Fsp3) is 0.300. The molecule has 2 aromatic heterocycles. The molecule has 0 fully saturated rings. The Hall–Kier alpha value is -2.71. The molecule has 0 spiro atoms. The number of esters is 1. The van der Waals surface area contributed by atoms with Crippen LogP contribution in [0.5, 0.6) is 0 Å². The second kappa shape index (κ2) is 7.96. The van der Waals surface area contributed by atoms with Gasteiger partial charge in [-0.05, 0) is 31.2 Å². The lowest BCUT2D eigenvalue weighted by atomic mass is 9.96. The van der Waals surface area contributed by atoms with E-state index < -0.39 is 16.9 Å². The van der Waals surface area contributed by atoms with Crippen LogP contribution in [0.1, 0.15) is 38.2 Å². The van der Waals surface area contributed by atoms with Crippen molar-refractivity contribution >= 4 is 50.6 Å². The summed E-state index contributed by atoms with van der Waals surface area (Å²) in [5.41, 5.74) is -0.668. The van der Waals surface area contributed by atoms with Crippen molar-refractivity contribution in [3.63, 3.8) is 0 Å². The molecule has 2 heterocycles. The molecule has 3 aromatic rings. The highest BCUT2D eigenvalue weighted by atomic mass is 35.5. The maximum Gasteiger partial charge on any atom is 0.359 e. The summed E-state index contributed by atoms with van der Waals surface area (Å²) >= 11 is 7.10. The first-order chi connectivity index (χ1) is 13.6. The third-order valence-corrected chi connectivity index (χ3v) is 5.25. The first-order valence-electron chi connectivity index (χ1n) is 8.92. The molecule has 0 atom stereocenters. The zero-order chi connectivity index (χ0) is 21.3. The van der Waals surface area contributed by atoms with Crippen LogP contribution in [-0.2, 0) is 9.53 Å². The summed E-state index contributed by atoms with van der Waals surface area (Å²) in [6.07, 6.45) is 0. The molecule has 152 valence electrons. The zero-order valence-corrected chi connectivity index (χ0v) is 18.0. The van der Waals surface area contributed by atoms with Gasteiger partial charge in [0.1, 0.15) is 5.00 Å². The van der Waals surface area contributed by atoms with Crippen LogP contribution in [0.3, 0.4) is 0 Å². The van der Waals surface area contributed by atoms with Gasteiger partial charge in [-0.2, -0.15) is 9.78 Å². The largest absolute Gasteiger partial charge is 0.461 e. The molecule has 1 N–H and O–H groups in total. The topological polar surface area (TPSA) is 90.3 Å². The second-order valence-electron chi connectivity index (χ2n) is 7.32. The summed E-state index contributed by atoms with van der Waals surface area (Å²) < 4.78 is 6.23. The second-order valence-corrected chi connectivity index (χ2v) is 8.64. The van der Waals surface area contributed by atoms with Gasteiger partial charge in [-0.3, -0.25) is 9.59 Å². The van der Waals surface area contributed by atoms with E-state index in [0.29, 0.717) is 21.1 Å². The van der Waals surface area contributed by atoms with Crippen LogP contribution in [0.25, 0.3) is 16.5 Å². The lowest BCUT2D eigenvalue weighted by Crippen LogP contribution is -2.29. The number of nitrogens with zero attached hydrogens (tertiary/aromatic N) is 2. The third kappa shape index (κ3) is 4.18. The standard InChI is InChI=1S/C20H20ClN3O4S/c1-5-28-18(26)15-13-10-29-16(22-19(27)20(2,3)4)14(13)17(25)24(23-15)12-8-6-11(21)7-9-12/h6-10H,5H2,1-4H3,(H,22,27). The van der Waals surface area contributed by atoms with Crippen LogP contribution in [0.4, 0.5) is 5.00 Å². The minimum atomic E-state index is -0.650. The quantitative estimate of drug-likeness (QED) is 0.621. The number of thiophene rings is 1. The summed E-state index contributed by atoms with van der Waals surface area (Å²) in [4.78, 5) is 38.2. The van der Waals surface area contributed by atoms with E-state index in [1.807, 2.05) is 0 Å². The van der Waals surface area contributed by atoms with Gasteiger partial charge in [0.25, 0.3) is 5.56 Å². The van der Waals surface area contributed by atoms with E-state index in [2.05, 4.69) is 10.4 Å². The van der Waals surface area contributed by atoms with E-state index >= 15 is 0 Å². The predicted octanol–water partition coefficient (Wildman–Crippen LogP) is 4.26. The van der Waals surface area contributed by atoms with Crippen molar-refractivity contribution < 1.29 is 14.3 Å².